The van der Waals surface area contributed by atoms with E-state index in [0.717, 1.165) is 4.90 Å². The Kier molecular flexibility index (Phi) is 3.29. The van der Waals surface area contributed by atoms with Gasteiger partial charge in [0, 0.05) is 9.37 Å². The fourth-order valence-electron chi connectivity index (χ4n) is 0.791. The largest absolute Gasteiger partial charge is 0.298 e. The van der Waals surface area contributed by atoms with Crippen molar-refractivity contribution < 1.29 is 9.18 Å². The molecule has 0 fully saturated rings. The minimum absolute atomic E-state index is 0.0767. The quantitative estimate of drug-likeness (QED) is 0.591. The lowest BCUT2D eigenvalue weighted by molar-refractivity contribution is 0.111. The second-order valence-electron chi connectivity index (χ2n) is 2.12. The van der Waals surface area contributed by atoms with Crippen LogP contribution in [0, 0.1) is 5.82 Å². The maximum Gasteiger partial charge on any atom is 0.154 e. The number of hydrogen-bond acceptors (Lipinski definition) is 2. The van der Waals surface area contributed by atoms with Gasteiger partial charge in [-0.25, -0.2) is 4.39 Å². The normalized spacial score (nSPS) is 9.92. The zero-order valence-corrected chi connectivity index (χ0v) is 8.71. The van der Waals surface area contributed by atoms with E-state index in [1.165, 1.54) is 17.8 Å². The molecule has 0 saturated carbocycles. The summed E-state index contributed by atoms with van der Waals surface area (Å²) < 4.78 is 13.5. The predicted octanol–water partition coefficient (Wildman–Crippen LogP) is 3.12. The molecular weight excluding hydrogens is 243 g/mol. The molecular formula is C8H6BrFOS. The highest BCUT2D eigenvalue weighted by molar-refractivity contribution is 9.10. The van der Waals surface area contributed by atoms with Crippen LogP contribution in [0.5, 0.6) is 0 Å². The molecule has 1 aromatic carbocycles. The Hall–Kier alpha value is -0.350. The number of thioether (sulfide) groups is 1. The molecule has 0 saturated heterocycles. The van der Waals surface area contributed by atoms with Crippen LogP contribution in [0.2, 0.25) is 0 Å². The molecule has 0 aliphatic rings. The molecule has 0 amide bonds. The van der Waals surface area contributed by atoms with Crippen molar-refractivity contribution in [1.82, 2.24) is 0 Å². The molecule has 0 aromatic heterocycles. The van der Waals surface area contributed by atoms with Gasteiger partial charge in [0.1, 0.15) is 5.82 Å². The summed E-state index contributed by atoms with van der Waals surface area (Å²) >= 11 is 4.54. The first kappa shape index (κ1) is 9.74. The van der Waals surface area contributed by atoms with Crippen LogP contribution < -0.4 is 0 Å². The average molecular weight is 249 g/mol. The van der Waals surface area contributed by atoms with Gasteiger partial charge in [0.05, 0.1) is 5.56 Å². The lowest BCUT2D eigenvalue weighted by atomic mass is 10.2. The van der Waals surface area contributed by atoms with Gasteiger partial charge < -0.3 is 0 Å². The van der Waals surface area contributed by atoms with Crippen LogP contribution in [0.4, 0.5) is 4.39 Å². The highest BCUT2D eigenvalue weighted by Crippen LogP contribution is 2.25. The molecule has 0 aliphatic heterocycles. The van der Waals surface area contributed by atoms with Crippen LogP contribution in [0.25, 0.3) is 0 Å². The van der Waals surface area contributed by atoms with E-state index in [9.17, 15) is 9.18 Å². The van der Waals surface area contributed by atoms with Crippen LogP contribution in [0.15, 0.2) is 21.5 Å². The molecule has 0 radical (unpaired) electrons. The van der Waals surface area contributed by atoms with Crippen molar-refractivity contribution in [3.05, 3.63) is 28.0 Å². The molecule has 0 N–H and O–H groups in total. The van der Waals surface area contributed by atoms with Crippen molar-refractivity contribution in [1.29, 1.82) is 0 Å². The van der Waals surface area contributed by atoms with Gasteiger partial charge >= 0.3 is 0 Å². The lowest BCUT2D eigenvalue weighted by Crippen LogP contribution is -1.89. The van der Waals surface area contributed by atoms with Crippen molar-refractivity contribution in [2.75, 3.05) is 6.26 Å². The minimum atomic E-state index is -0.483. The summed E-state index contributed by atoms with van der Waals surface area (Å²) in [5.74, 6) is -0.483. The second kappa shape index (κ2) is 4.05. The molecule has 64 valence electrons. The number of carbonyl (C=O) groups is 1. The lowest BCUT2D eigenvalue weighted by Gasteiger charge is -2.01. The Morgan fingerprint density at radius 3 is 2.67 bits per heavy atom. The molecule has 0 bridgehead atoms. The molecule has 1 aromatic rings. The Morgan fingerprint density at radius 2 is 2.25 bits per heavy atom. The van der Waals surface area contributed by atoms with E-state index in [-0.39, 0.29) is 5.56 Å². The molecule has 0 spiro atoms. The van der Waals surface area contributed by atoms with E-state index in [1.54, 1.807) is 6.07 Å². The van der Waals surface area contributed by atoms with Gasteiger partial charge in [0.2, 0.25) is 0 Å². The average Bonchev–Trinajstić information content (AvgIpc) is 2.03. The van der Waals surface area contributed by atoms with E-state index in [2.05, 4.69) is 15.9 Å². The fourth-order valence-corrected chi connectivity index (χ4v) is 1.93. The van der Waals surface area contributed by atoms with Gasteiger partial charge in [-0.3, -0.25) is 4.79 Å². The van der Waals surface area contributed by atoms with Crippen LogP contribution in [-0.2, 0) is 0 Å². The summed E-state index contributed by atoms with van der Waals surface area (Å²) in [6.07, 6.45) is 2.35. The van der Waals surface area contributed by atoms with Crippen LogP contribution in [0.3, 0.4) is 0 Å². The zero-order valence-electron chi connectivity index (χ0n) is 6.30. The number of carbonyl (C=O) groups excluding carboxylic acids is 1. The Bertz CT molecular complexity index is 291. The summed E-state index contributed by atoms with van der Waals surface area (Å²) in [6.45, 7) is 0. The Morgan fingerprint density at radius 1 is 1.58 bits per heavy atom. The highest BCUT2D eigenvalue weighted by atomic mass is 79.9. The summed E-state index contributed by atoms with van der Waals surface area (Å²) in [5, 5.41) is 0. The van der Waals surface area contributed by atoms with E-state index in [1.807, 2.05) is 6.26 Å². The summed E-state index contributed by atoms with van der Waals surface area (Å²) in [5.41, 5.74) is 0.0767. The van der Waals surface area contributed by atoms with Crippen molar-refractivity contribution in [2.45, 2.75) is 4.90 Å². The highest BCUT2D eigenvalue weighted by Gasteiger charge is 2.07. The van der Waals surface area contributed by atoms with E-state index >= 15 is 0 Å². The topological polar surface area (TPSA) is 17.1 Å². The maximum absolute atomic E-state index is 13.0. The van der Waals surface area contributed by atoms with Crippen molar-refractivity contribution in [3.8, 4) is 0 Å². The van der Waals surface area contributed by atoms with Crippen LogP contribution in [-0.4, -0.2) is 12.5 Å². The Balaban J connectivity index is 3.27. The maximum atomic E-state index is 13.0. The summed E-state index contributed by atoms with van der Waals surface area (Å²) in [7, 11) is 0. The number of aldehydes is 1. The first-order valence-electron chi connectivity index (χ1n) is 3.17. The molecule has 1 nitrogen and oxygen atoms in total. The van der Waals surface area contributed by atoms with Crippen molar-refractivity contribution in [2.24, 2.45) is 0 Å². The van der Waals surface area contributed by atoms with Gasteiger partial charge in [-0.2, -0.15) is 0 Å². The third kappa shape index (κ3) is 1.87. The molecule has 0 aliphatic carbocycles. The van der Waals surface area contributed by atoms with Crippen LogP contribution in [0.1, 0.15) is 10.4 Å². The predicted molar refractivity (Wildman–Crippen MR) is 51.3 cm³/mol. The van der Waals surface area contributed by atoms with Gasteiger partial charge in [0.15, 0.2) is 6.29 Å². The first-order valence-corrected chi connectivity index (χ1v) is 5.19. The van der Waals surface area contributed by atoms with Crippen LogP contribution >= 0.6 is 27.7 Å². The Labute approximate surface area is 82.5 Å². The second-order valence-corrected chi connectivity index (χ2v) is 3.86. The third-order valence-corrected chi connectivity index (χ3v) is 2.77. The molecule has 0 unspecified atom stereocenters. The number of rotatable bonds is 2. The zero-order chi connectivity index (χ0) is 9.14. The van der Waals surface area contributed by atoms with Crippen molar-refractivity contribution in [3.63, 3.8) is 0 Å². The molecule has 0 heterocycles. The molecule has 4 heteroatoms. The first-order chi connectivity index (χ1) is 5.69. The smallest absolute Gasteiger partial charge is 0.154 e. The number of hydrogen-bond donors (Lipinski definition) is 0. The van der Waals surface area contributed by atoms with Gasteiger partial charge in [0.25, 0.3) is 0 Å². The summed E-state index contributed by atoms with van der Waals surface area (Å²) in [6, 6.07) is 3.07. The fraction of sp³-hybridized carbons (Fsp3) is 0.125. The monoisotopic (exact) mass is 248 g/mol. The molecule has 1 rings (SSSR count). The number of halogens is 2. The third-order valence-electron chi connectivity index (χ3n) is 1.41. The van der Waals surface area contributed by atoms with Gasteiger partial charge in [-0.1, -0.05) is 0 Å². The standard InChI is InChI=1S/C8H6BrFOS/c1-12-5-2-7(9)6(4-11)8(10)3-5/h2-4H,1H3. The minimum Gasteiger partial charge on any atom is -0.298 e. The SMILES string of the molecule is CSc1cc(F)c(C=O)c(Br)c1. The van der Waals surface area contributed by atoms with Gasteiger partial charge in [-0.15, -0.1) is 11.8 Å². The molecule has 0 atom stereocenters. The van der Waals surface area contributed by atoms with Gasteiger partial charge in [-0.05, 0) is 34.3 Å². The van der Waals surface area contributed by atoms with E-state index in [0.29, 0.717) is 10.8 Å². The molecule has 12 heavy (non-hydrogen) atoms. The van der Waals surface area contributed by atoms with E-state index < -0.39 is 5.82 Å². The number of benzene rings is 1. The summed E-state index contributed by atoms with van der Waals surface area (Å²) in [4.78, 5) is 11.2. The van der Waals surface area contributed by atoms with Crippen molar-refractivity contribution >= 4 is 34.0 Å². The van der Waals surface area contributed by atoms with E-state index in [4.69, 9.17) is 0 Å².